The summed E-state index contributed by atoms with van der Waals surface area (Å²) in [6, 6.07) is 8.55. The molecule has 3 N–H and O–H groups in total. The molecule has 1 aliphatic heterocycles. The van der Waals surface area contributed by atoms with Crippen molar-refractivity contribution in [3.05, 3.63) is 47.8 Å². The molecule has 0 spiro atoms. The summed E-state index contributed by atoms with van der Waals surface area (Å²) in [5.41, 5.74) is 9.83. The molecular weight excluding hydrogens is 517 g/mol. The molecule has 0 unspecified atom stereocenters. The number of pyridine rings is 1. The molecule has 1 fully saturated rings. The average molecular weight is 543 g/mol. The van der Waals surface area contributed by atoms with Gasteiger partial charge in [-0.15, -0.1) is 0 Å². The van der Waals surface area contributed by atoms with E-state index in [4.69, 9.17) is 24.9 Å². The van der Waals surface area contributed by atoms with E-state index in [1.807, 2.05) is 32.9 Å². The molecule has 14 heteroatoms. The molecule has 1 atom stereocenters. The van der Waals surface area contributed by atoms with Crippen LogP contribution in [-0.2, 0) is 19.6 Å². The highest BCUT2D eigenvalue weighted by Crippen LogP contribution is 2.33. The summed E-state index contributed by atoms with van der Waals surface area (Å²) >= 11 is 0. The predicted molar refractivity (Wildman–Crippen MR) is 127 cm³/mol. The van der Waals surface area contributed by atoms with Crippen molar-refractivity contribution >= 4 is 21.8 Å². The van der Waals surface area contributed by atoms with Gasteiger partial charge in [0.1, 0.15) is 5.82 Å². The zero-order valence-corrected chi connectivity index (χ0v) is 20.9. The molecule has 3 heterocycles. The maximum absolute atomic E-state index is 13.2. The number of carboxylic acids is 1. The number of nitrogen functional groups attached to an aromatic ring is 1. The first-order valence-corrected chi connectivity index (χ1v) is 12.4. The number of benzene rings is 1. The number of aryl methyl sites for hydroxylation is 2. The molecule has 10 nitrogen and oxygen atoms in total. The number of ether oxygens (including phenoxy) is 1. The van der Waals surface area contributed by atoms with Gasteiger partial charge in [0.15, 0.2) is 5.76 Å². The molecule has 1 aliphatic rings. The molecule has 0 radical (unpaired) electrons. The number of sulfonamides is 1. The number of nitrogens with zero attached hydrogens (tertiary/aromatic N) is 3. The lowest BCUT2D eigenvalue weighted by Gasteiger charge is -2.32. The summed E-state index contributed by atoms with van der Waals surface area (Å²) < 4.78 is 70.4. The highest BCUT2D eigenvalue weighted by molar-refractivity contribution is 7.89. The lowest BCUT2D eigenvalue weighted by molar-refractivity contribution is -0.192. The van der Waals surface area contributed by atoms with Crippen LogP contribution >= 0.6 is 0 Å². The molecule has 4 rings (SSSR count). The quantitative estimate of drug-likeness (QED) is 0.504. The third-order valence-electron chi connectivity index (χ3n) is 5.49. The number of carbonyl (C=O) groups is 1. The molecule has 37 heavy (non-hydrogen) atoms. The van der Waals surface area contributed by atoms with Crippen LogP contribution in [0.4, 0.5) is 19.0 Å². The minimum absolute atomic E-state index is 0.215. The van der Waals surface area contributed by atoms with E-state index < -0.39 is 22.2 Å². The maximum atomic E-state index is 13.2. The Hall–Kier alpha value is -3.49. The normalized spacial score (nSPS) is 16.6. The van der Waals surface area contributed by atoms with Crippen molar-refractivity contribution in [1.29, 1.82) is 0 Å². The Kier molecular flexibility index (Phi) is 8.25. The Morgan fingerprint density at radius 2 is 1.86 bits per heavy atom. The van der Waals surface area contributed by atoms with Crippen molar-refractivity contribution in [2.24, 2.45) is 0 Å². The van der Waals surface area contributed by atoms with Crippen LogP contribution in [0.1, 0.15) is 18.2 Å². The predicted octanol–water partition coefficient (Wildman–Crippen LogP) is 3.65. The molecule has 0 amide bonds. The summed E-state index contributed by atoms with van der Waals surface area (Å²) in [4.78, 5) is 13.4. The smallest absolute Gasteiger partial charge is 0.475 e. The number of nitrogens with two attached hydrogens (primary N) is 1. The molecule has 2 aromatic heterocycles. The fourth-order valence-electron chi connectivity index (χ4n) is 3.59. The van der Waals surface area contributed by atoms with E-state index in [9.17, 15) is 21.6 Å². The monoisotopic (exact) mass is 542 g/mol. The number of rotatable bonds is 4. The topological polar surface area (TPSA) is 149 Å². The number of morpholine rings is 1. The van der Waals surface area contributed by atoms with E-state index in [-0.39, 0.29) is 10.9 Å². The van der Waals surface area contributed by atoms with Crippen LogP contribution in [0.25, 0.3) is 22.5 Å². The van der Waals surface area contributed by atoms with Gasteiger partial charge in [-0.2, -0.15) is 17.5 Å². The maximum Gasteiger partial charge on any atom is 0.490 e. The van der Waals surface area contributed by atoms with E-state index in [2.05, 4.69) is 10.1 Å². The summed E-state index contributed by atoms with van der Waals surface area (Å²) in [5.74, 6) is -1.92. The summed E-state index contributed by atoms with van der Waals surface area (Å²) in [6.07, 6.45) is -3.45. The molecule has 0 aliphatic carbocycles. The second kappa shape index (κ2) is 10.9. The van der Waals surface area contributed by atoms with E-state index in [1.165, 1.54) is 4.31 Å². The first-order chi connectivity index (χ1) is 17.2. The van der Waals surface area contributed by atoms with Crippen LogP contribution in [0.2, 0.25) is 0 Å². The Bertz CT molecular complexity index is 1390. The molecule has 0 bridgehead atoms. The Morgan fingerprint density at radius 1 is 1.19 bits per heavy atom. The SMILES string of the molecule is Cc1cc(-c2cc(-c3cc(S(=O)(=O)N4CCOC[C@H]4C)ccc3C)cnc2N)on1.O=C(O)C(F)(F)F. The number of aromatic nitrogens is 2. The van der Waals surface area contributed by atoms with E-state index in [0.29, 0.717) is 36.9 Å². The van der Waals surface area contributed by atoms with Gasteiger partial charge in [-0.1, -0.05) is 11.2 Å². The molecule has 1 aromatic carbocycles. The van der Waals surface area contributed by atoms with Crippen molar-refractivity contribution < 1.29 is 40.8 Å². The zero-order chi connectivity index (χ0) is 27.5. The van der Waals surface area contributed by atoms with E-state index in [1.54, 1.807) is 24.4 Å². The number of anilines is 1. The Labute approximate surface area is 210 Å². The van der Waals surface area contributed by atoms with Crippen molar-refractivity contribution in [1.82, 2.24) is 14.4 Å². The molecule has 200 valence electrons. The third-order valence-corrected chi connectivity index (χ3v) is 7.50. The fraction of sp³-hybridized carbons (Fsp3) is 0.348. The number of carboxylic acid groups (broad SMARTS) is 1. The summed E-state index contributed by atoms with van der Waals surface area (Å²) in [5, 5.41) is 11.0. The van der Waals surface area contributed by atoms with Gasteiger partial charge in [0.05, 0.1) is 29.4 Å². The lowest BCUT2D eigenvalue weighted by atomic mass is 10.00. The van der Waals surface area contributed by atoms with Crippen LogP contribution in [0.5, 0.6) is 0 Å². The highest BCUT2D eigenvalue weighted by atomic mass is 32.2. The molecule has 1 saturated heterocycles. The van der Waals surface area contributed by atoms with Gasteiger partial charge in [0.2, 0.25) is 10.0 Å². The van der Waals surface area contributed by atoms with Gasteiger partial charge in [-0.3, -0.25) is 0 Å². The second-order valence-corrected chi connectivity index (χ2v) is 10.2. The van der Waals surface area contributed by atoms with Gasteiger partial charge >= 0.3 is 12.1 Å². The molecule has 0 saturated carbocycles. The summed E-state index contributed by atoms with van der Waals surface area (Å²) in [7, 11) is -3.65. The van der Waals surface area contributed by atoms with Crippen LogP contribution in [0, 0.1) is 13.8 Å². The summed E-state index contributed by atoms with van der Waals surface area (Å²) in [6.45, 7) is 6.72. The fourth-order valence-corrected chi connectivity index (χ4v) is 5.21. The minimum Gasteiger partial charge on any atom is -0.475 e. The number of halogens is 3. The van der Waals surface area contributed by atoms with Crippen LogP contribution < -0.4 is 5.73 Å². The first-order valence-electron chi connectivity index (χ1n) is 10.9. The number of hydrogen-bond donors (Lipinski definition) is 2. The number of alkyl halides is 3. The van der Waals surface area contributed by atoms with Crippen LogP contribution in [-0.4, -0.2) is 65.9 Å². The Morgan fingerprint density at radius 3 is 2.43 bits per heavy atom. The number of aliphatic carboxylic acids is 1. The largest absolute Gasteiger partial charge is 0.490 e. The van der Waals surface area contributed by atoms with Gasteiger partial charge in [0, 0.05) is 30.4 Å². The standard InChI is InChI=1S/C21H24N4O4S.C2HF3O2/c1-13-4-5-17(30(26,27)25-6-7-28-12-15(25)3)10-18(13)16-9-19(21(22)23-11-16)20-8-14(2)24-29-20;3-2(4,5)1(6)7/h4-5,8-11,15H,6-7,12H2,1-3H3,(H2,22,23);(H,6,7)/t15-;/m1./s1. The van der Waals surface area contributed by atoms with Crippen molar-refractivity contribution in [3.8, 4) is 22.5 Å². The van der Waals surface area contributed by atoms with E-state index >= 15 is 0 Å². The molecule has 3 aromatic rings. The number of hydrogen-bond acceptors (Lipinski definition) is 8. The highest BCUT2D eigenvalue weighted by Gasteiger charge is 2.38. The lowest BCUT2D eigenvalue weighted by Crippen LogP contribution is -2.46. The van der Waals surface area contributed by atoms with Crippen LogP contribution in [0.3, 0.4) is 0 Å². The van der Waals surface area contributed by atoms with Crippen molar-refractivity contribution in [2.75, 3.05) is 25.5 Å². The average Bonchev–Trinajstić information content (AvgIpc) is 3.25. The minimum atomic E-state index is -5.08. The molecular formula is C23H25F3N4O6S. The van der Waals surface area contributed by atoms with Crippen LogP contribution in [0.15, 0.2) is 45.9 Å². The van der Waals surface area contributed by atoms with E-state index in [0.717, 1.165) is 22.4 Å². The Balaban J connectivity index is 0.000000479. The van der Waals surface area contributed by atoms with Gasteiger partial charge in [0.25, 0.3) is 0 Å². The van der Waals surface area contributed by atoms with Gasteiger partial charge < -0.3 is 20.1 Å². The first kappa shape index (κ1) is 28.1. The second-order valence-electron chi connectivity index (χ2n) is 8.31. The van der Waals surface area contributed by atoms with Crippen molar-refractivity contribution in [3.63, 3.8) is 0 Å². The third kappa shape index (κ3) is 6.45. The zero-order valence-electron chi connectivity index (χ0n) is 20.1. The van der Waals surface area contributed by atoms with Gasteiger partial charge in [-0.25, -0.2) is 18.2 Å². The van der Waals surface area contributed by atoms with Crippen molar-refractivity contribution in [2.45, 2.75) is 37.9 Å². The van der Waals surface area contributed by atoms with Gasteiger partial charge in [-0.05, 0) is 50.1 Å².